The molecule has 1 saturated carbocycles. The summed E-state index contributed by atoms with van der Waals surface area (Å²) >= 11 is 0. The van der Waals surface area contributed by atoms with Gasteiger partial charge in [-0.3, -0.25) is 0 Å². The van der Waals surface area contributed by atoms with Gasteiger partial charge in [-0.2, -0.15) is 0 Å². The third kappa shape index (κ3) is 4.17. The Labute approximate surface area is 130 Å². The number of aromatic nitrogens is 1. The lowest BCUT2D eigenvalue weighted by Gasteiger charge is -2.15. The van der Waals surface area contributed by atoms with Crippen LogP contribution < -0.4 is 5.32 Å². The minimum Gasteiger partial charge on any atom is -0.444 e. The van der Waals surface area contributed by atoms with Gasteiger partial charge in [0.2, 0.25) is 5.89 Å². The van der Waals surface area contributed by atoms with Crippen molar-refractivity contribution in [1.29, 1.82) is 0 Å². The van der Waals surface area contributed by atoms with Crippen molar-refractivity contribution in [3.8, 4) is 11.5 Å². The zero-order valence-corrected chi connectivity index (χ0v) is 12.9. The molecule has 1 aromatic heterocycles. The third-order valence-corrected chi connectivity index (χ3v) is 4.31. The van der Waals surface area contributed by atoms with Crippen molar-refractivity contribution in [3.05, 3.63) is 42.0 Å². The van der Waals surface area contributed by atoms with Crippen molar-refractivity contribution in [3.63, 3.8) is 0 Å². The number of halogens is 1. The van der Waals surface area contributed by atoms with Gasteiger partial charge in [0.1, 0.15) is 12.1 Å². The molecule has 1 N–H and O–H groups in total. The number of benzene rings is 1. The van der Waals surface area contributed by atoms with Crippen LogP contribution in [0.25, 0.3) is 11.5 Å². The van der Waals surface area contributed by atoms with E-state index in [9.17, 15) is 4.39 Å². The highest BCUT2D eigenvalue weighted by Crippen LogP contribution is 2.19. The monoisotopic (exact) mass is 302 g/mol. The van der Waals surface area contributed by atoms with Crippen molar-refractivity contribution in [1.82, 2.24) is 10.3 Å². The van der Waals surface area contributed by atoms with Crippen LogP contribution >= 0.6 is 0 Å². The largest absolute Gasteiger partial charge is 0.444 e. The molecule has 1 fully saturated rings. The molecule has 0 spiro atoms. The molecule has 4 heteroatoms. The fourth-order valence-electron chi connectivity index (χ4n) is 3.03. The van der Waals surface area contributed by atoms with Crippen molar-refractivity contribution >= 4 is 0 Å². The lowest BCUT2D eigenvalue weighted by Crippen LogP contribution is -2.30. The van der Waals surface area contributed by atoms with E-state index in [1.54, 1.807) is 18.4 Å². The second-order valence-electron chi connectivity index (χ2n) is 6.04. The standard InChI is InChI=1S/C18H23FN2O/c19-15-9-7-14(8-10-15)18-21-17(13-22-18)11-12-20-16-5-3-1-2-4-6-16/h7-10,13,16,20H,1-6,11-12H2. The summed E-state index contributed by atoms with van der Waals surface area (Å²) in [6.07, 6.45) is 10.6. The van der Waals surface area contributed by atoms with Crippen LogP contribution in [0.1, 0.15) is 44.2 Å². The first-order chi connectivity index (χ1) is 10.8. The summed E-state index contributed by atoms with van der Waals surface area (Å²) in [7, 11) is 0. The van der Waals surface area contributed by atoms with Gasteiger partial charge in [-0.15, -0.1) is 0 Å². The van der Waals surface area contributed by atoms with Crippen LogP contribution in [0.2, 0.25) is 0 Å². The Morgan fingerprint density at radius 3 is 2.55 bits per heavy atom. The molecule has 1 aliphatic carbocycles. The average molecular weight is 302 g/mol. The maximum Gasteiger partial charge on any atom is 0.226 e. The third-order valence-electron chi connectivity index (χ3n) is 4.31. The van der Waals surface area contributed by atoms with Crippen LogP contribution in [-0.2, 0) is 6.42 Å². The molecule has 0 bridgehead atoms. The van der Waals surface area contributed by atoms with E-state index in [1.807, 2.05) is 0 Å². The highest BCUT2D eigenvalue weighted by molar-refractivity contribution is 5.52. The minimum absolute atomic E-state index is 0.247. The fourth-order valence-corrected chi connectivity index (χ4v) is 3.03. The molecule has 118 valence electrons. The highest BCUT2D eigenvalue weighted by Gasteiger charge is 2.12. The molecule has 0 radical (unpaired) electrons. The first-order valence-corrected chi connectivity index (χ1v) is 8.25. The molecule has 3 nitrogen and oxygen atoms in total. The van der Waals surface area contributed by atoms with Gasteiger partial charge in [-0.05, 0) is 37.1 Å². The second-order valence-corrected chi connectivity index (χ2v) is 6.04. The molecule has 0 saturated heterocycles. The van der Waals surface area contributed by atoms with Crippen LogP contribution in [0.4, 0.5) is 4.39 Å². The Balaban J connectivity index is 1.50. The van der Waals surface area contributed by atoms with E-state index in [-0.39, 0.29) is 5.82 Å². The van der Waals surface area contributed by atoms with Gasteiger partial charge >= 0.3 is 0 Å². The van der Waals surface area contributed by atoms with Gasteiger partial charge in [0, 0.05) is 24.6 Å². The lowest BCUT2D eigenvalue weighted by atomic mass is 10.1. The molecule has 0 atom stereocenters. The number of nitrogens with zero attached hydrogens (tertiary/aromatic N) is 1. The summed E-state index contributed by atoms with van der Waals surface area (Å²) in [5, 5.41) is 3.64. The van der Waals surface area contributed by atoms with Crippen LogP contribution in [0, 0.1) is 5.82 Å². The molecule has 0 unspecified atom stereocenters. The topological polar surface area (TPSA) is 38.1 Å². The zero-order chi connectivity index (χ0) is 15.2. The van der Waals surface area contributed by atoms with Crippen LogP contribution in [0.3, 0.4) is 0 Å². The summed E-state index contributed by atoms with van der Waals surface area (Å²) < 4.78 is 18.4. The number of nitrogens with one attached hydrogen (secondary N) is 1. The van der Waals surface area contributed by atoms with E-state index >= 15 is 0 Å². The number of rotatable bonds is 5. The van der Waals surface area contributed by atoms with Crippen molar-refractivity contribution in [2.75, 3.05) is 6.54 Å². The molecule has 3 rings (SSSR count). The first kappa shape index (κ1) is 15.2. The maximum atomic E-state index is 12.9. The molecule has 1 aromatic carbocycles. The summed E-state index contributed by atoms with van der Waals surface area (Å²) in [6.45, 7) is 0.931. The van der Waals surface area contributed by atoms with Crippen molar-refractivity contribution in [2.24, 2.45) is 0 Å². The SMILES string of the molecule is Fc1ccc(-c2nc(CCNC3CCCCCC3)co2)cc1. The van der Waals surface area contributed by atoms with Gasteiger partial charge in [0.25, 0.3) is 0 Å². The Morgan fingerprint density at radius 1 is 1.09 bits per heavy atom. The first-order valence-electron chi connectivity index (χ1n) is 8.25. The van der Waals surface area contributed by atoms with Crippen molar-refractivity contribution in [2.45, 2.75) is 51.0 Å². The van der Waals surface area contributed by atoms with E-state index in [4.69, 9.17) is 4.42 Å². The number of hydrogen-bond donors (Lipinski definition) is 1. The van der Waals surface area contributed by atoms with E-state index in [0.717, 1.165) is 24.2 Å². The van der Waals surface area contributed by atoms with E-state index in [0.29, 0.717) is 11.9 Å². The molecule has 22 heavy (non-hydrogen) atoms. The van der Waals surface area contributed by atoms with E-state index in [2.05, 4.69) is 10.3 Å². The van der Waals surface area contributed by atoms with Gasteiger partial charge in [0.15, 0.2) is 0 Å². The number of hydrogen-bond acceptors (Lipinski definition) is 3. The van der Waals surface area contributed by atoms with E-state index < -0.39 is 0 Å². The summed E-state index contributed by atoms with van der Waals surface area (Å²) in [6, 6.07) is 6.88. The molecule has 0 amide bonds. The molecular formula is C18H23FN2O. The smallest absolute Gasteiger partial charge is 0.226 e. The molecule has 2 aromatic rings. The van der Waals surface area contributed by atoms with Crippen molar-refractivity contribution < 1.29 is 8.81 Å². The van der Waals surface area contributed by atoms with Gasteiger partial charge in [-0.1, -0.05) is 25.7 Å². The fraction of sp³-hybridized carbons (Fsp3) is 0.500. The molecule has 1 aliphatic rings. The Bertz CT molecular complexity index is 571. The van der Waals surface area contributed by atoms with Gasteiger partial charge in [-0.25, -0.2) is 9.37 Å². The van der Waals surface area contributed by atoms with Crippen LogP contribution in [0.5, 0.6) is 0 Å². The zero-order valence-electron chi connectivity index (χ0n) is 12.9. The van der Waals surface area contributed by atoms with E-state index in [1.165, 1.54) is 50.7 Å². The normalized spacial score (nSPS) is 16.6. The molecule has 1 heterocycles. The van der Waals surface area contributed by atoms with Gasteiger partial charge < -0.3 is 9.73 Å². The Kier molecular flexibility index (Phi) is 5.22. The highest BCUT2D eigenvalue weighted by atomic mass is 19.1. The summed E-state index contributed by atoms with van der Waals surface area (Å²) in [5.74, 6) is 0.313. The summed E-state index contributed by atoms with van der Waals surface area (Å²) in [5.41, 5.74) is 1.75. The van der Waals surface area contributed by atoms with Crippen LogP contribution in [-0.4, -0.2) is 17.6 Å². The molecule has 0 aliphatic heterocycles. The maximum absolute atomic E-state index is 12.9. The van der Waals surface area contributed by atoms with Gasteiger partial charge in [0.05, 0.1) is 5.69 Å². The van der Waals surface area contributed by atoms with Crippen LogP contribution in [0.15, 0.2) is 34.9 Å². The predicted molar refractivity (Wildman–Crippen MR) is 85.1 cm³/mol. The predicted octanol–water partition coefficient (Wildman–Crippen LogP) is 4.34. The quantitative estimate of drug-likeness (QED) is 0.835. The minimum atomic E-state index is -0.247. The average Bonchev–Trinajstić information content (AvgIpc) is 2.84. The summed E-state index contributed by atoms with van der Waals surface area (Å²) in [4.78, 5) is 4.48. The Hall–Kier alpha value is -1.68. The number of oxazole rings is 1. The molecular weight excluding hydrogens is 279 g/mol. The lowest BCUT2D eigenvalue weighted by molar-refractivity contribution is 0.462. The Morgan fingerprint density at radius 2 is 1.82 bits per heavy atom. The second kappa shape index (κ2) is 7.54.